The number of hydrogen-bond acceptors (Lipinski definition) is 5. The molecule has 0 bridgehead atoms. The summed E-state index contributed by atoms with van der Waals surface area (Å²) in [7, 11) is 3.29. The summed E-state index contributed by atoms with van der Waals surface area (Å²) in [6.45, 7) is 3.73. The highest BCUT2D eigenvalue weighted by Gasteiger charge is 2.19. The predicted molar refractivity (Wildman–Crippen MR) is 84.5 cm³/mol. The monoisotopic (exact) mass is 315 g/mol. The van der Waals surface area contributed by atoms with Gasteiger partial charge in [0, 0.05) is 43.1 Å². The number of methoxy groups -OCH3 is 2. The van der Waals surface area contributed by atoms with Crippen molar-refractivity contribution in [3.05, 3.63) is 28.8 Å². The molecule has 21 heavy (non-hydrogen) atoms. The van der Waals surface area contributed by atoms with E-state index in [1.54, 1.807) is 32.4 Å². The van der Waals surface area contributed by atoms with E-state index in [9.17, 15) is 0 Å². The van der Waals surface area contributed by atoms with Gasteiger partial charge in [0.15, 0.2) is 5.84 Å². The highest BCUT2D eigenvalue weighted by atomic mass is 35.5. The van der Waals surface area contributed by atoms with Gasteiger partial charge < -0.3 is 25.3 Å². The molecule has 0 saturated heterocycles. The van der Waals surface area contributed by atoms with Gasteiger partial charge >= 0.3 is 0 Å². The summed E-state index contributed by atoms with van der Waals surface area (Å²) in [5, 5.41) is 12.6. The van der Waals surface area contributed by atoms with Gasteiger partial charge in [0.05, 0.1) is 13.2 Å². The molecule has 0 heterocycles. The van der Waals surface area contributed by atoms with Gasteiger partial charge in [-0.3, -0.25) is 0 Å². The number of ether oxygens (including phenoxy) is 2. The van der Waals surface area contributed by atoms with E-state index in [4.69, 9.17) is 32.0 Å². The van der Waals surface area contributed by atoms with Crippen LogP contribution in [0.15, 0.2) is 23.4 Å². The van der Waals surface area contributed by atoms with Crippen LogP contribution in [0.4, 0.5) is 5.69 Å². The Labute approximate surface area is 130 Å². The third kappa shape index (κ3) is 4.77. The molecular formula is C14H22ClN3O3. The molecule has 1 rings (SSSR count). The fourth-order valence-electron chi connectivity index (χ4n) is 2.11. The van der Waals surface area contributed by atoms with Crippen molar-refractivity contribution in [2.75, 3.05) is 38.9 Å². The van der Waals surface area contributed by atoms with Crippen molar-refractivity contribution in [1.82, 2.24) is 0 Å². The molecule has 1 aromatic rings. The molecule has 0 aliphatic rings. The van der Waals surface area contributed by atoms with Crippen LogP contribution < -0.4 is 10.6 Å². The van der Waals surface area contributed by atoms with Crippen LogP contribution in [0.2, 0.25) is 5.02 Å². The third-order valence-corrected chi connectivity index (χ3v) is 3.36. The Morgan fingerprint density at radius 3 is 2.71 bits per heavy atom. The average Bonchev–Trinajstić information content (AvgIpc) is 2.47. The van der Waals surface area contributed by atoms with E-state index in [-0.39, 0.29) is 11.9 Å². The molecule has 0 aromatic heterocycles. The molecule has 0 spiro atoms. The molecule has 0 fully saturated rings. The summed E-state index contributed by atoms with van der Waals surface area (Å²) in [5.74, 6) is 0.0358. The summed E-state index contributed by atoms with van der Waals surface area (Å²) in [6.07, 6.45) is 0. The Morgan fingerprint density at radius 2 is 2.14 bits per heavy atom. The molecule has 1 aromatic carbocycles. The number of anilines is 1. The second-order valence-electron chi connectivity index (χ2n) is 4.64. The Balaban J connectivity index is 3.24. The maximum Gasteiger partial charge on any atom is 0.172 e. The maximum absolute atomic E-state index is 8.94. The van der Waals surface area contributed by atoms with Crippen LogP contribution in [0.5, 0.6) is 0 Å². The summed E-state index contributed by atoms with van der Waals surface area (Å²) < 4.78 is 10.4. The zero-order valence-corrected chi connectivity index (χ0v) is 13.3. The van der Waals surface area contributed by atoms with Crippen LogP contribution in [-0.4, -0.2) is 51.1 Å². The van der Waals surface area contributed by atoms with Crippen LogP contribution >= 0.6 is 11.6 Å². The first kappa shape index (κ1) is 17.6. The van der Waals surface area contributed by atoms with Gasteiger partial charge in [0.25, 0.3) is 0 Å². The number of hydrogen-bond donors (Lipinski definition) is 2. The molecule has 0 saturated carbocycles. The van der Waals surface area contributed by atoms with Crippen molar-refractivity contribution < 1.29 is 14.7 Å². The van der Waals surface area contributed by atoms with Gasteiger partial charge in [0.1, 0.15) is 0 Å². The molecule has 118 valence electrons. The first-order valence-electron chi connectivity index (χ1n) is 6.57. The van der Waals surface area contributed by atoms with E-state index in [0.29, 0.717) is 30.3 Å². The molecule has 0 radical (unpaired) electrons. The molecule has 0 aliphatic heterocycles. The topological polar surface area (TPSA) is 80.3 Å². The van der Waals surface area contributed by atoms with Gasteiger partial charge in [-0.25, -0.2) is 0 Å². The van der Waals surface area contributed by atoms with E-state index in [1.165, 1.54) is 0 Å². The second kappa shape index (κ2) is 8.71. The quantitative estimate of drug-likeness (QED) is 0.331. The lowest BCUT2D eigenvalue weighted by molar-refractivity contribution is 0.171. The SMILES string of the molecule is COCCN(c1cc(Cl)ccc1C(N)=NO)C(C)COC. The van der Waals surface area contributed by atoms with Gasteiger partial charge in [-0.2, -0.15) is 0 Å². The molecule has 7 heteroatoms. The summed E-state index contributed by atoms with van der Waals surface area (Å²) >= 11 is 6.09. The van der Waals surface area contributed by atoms with Crippen molar-refractivity contribution >= 4 is 23.1 Å². The lowest BCUT2D eigenvalue weighted by atomic mass is 10.1. The number of nitrogens with two attached hydrogens (primary N) is 1. The second-order valence-corrected chi connectivity index (χ2v) is 5.07. The van der Waals surface area contributed by atoms with Crippen molar-refractivity contribution in [2.45, 2.75) is 13.0 Å². The summed E-state index contributed by atoms with van der Waals surface area (Å²) in [4.78, 5) is 2.06. The molecule has 0 amide bonds. The number of rotatable bonds is 8. The van der Waals surface area contributed by atoms with Crippen LogP contribution in [0.1, 0.15) is 12.5 Å². The van der Waals surface area contributed by atoms with E-state index in [0.717, 1.165) is 5.69 Å². The van der Waals surface area contributed by atoms with Crippen molar-refractivity contribution in [1.29, 1.82) is 0 Å². The number of nitrogens with zero attached hydrogens (tertiary/aromatic N) is 2. The van der Waals surface area contributed by atoms with Gasteiger partial charge in [0.2, 0.25) is 0 Å². The molecular weight excluding hydrogens is 294 g/mol. The fraction of sp³-hybridized carbons (Fsp3) is 0.500. The third-order valence-electron chi connectivity index (χ3n) is 3.13. The number of benzene rings is 1. The average molecular weight is 316 g/mol. The highest BCUT2D eigenvalue weighted by molar-refractivity contribution is 6.31. The van der Waals surface area contributed by atoms with Gasteiger partial charge in [-0.1, -0.05) is 16.8 Å². The lowest BCUT2D eigenvalue weighted by Crippen LogP contribution is -2.40. The largest absolute Gasteiger partial charge is 0.409 e. The summed E-state index contributed by atoms with van der Waals surface area (Å²) in [6, 6.07) is 5.30. The minimum atomic E-state index is 0.0358. The van der Waals surface area contributed by atoms with Crippen LogP contribution in [0.25, 0.3) is 0 Å². The number of amidine groups is 1. The van der Waals surface area contributed by atoms with E-state index in [1.807, 2.05) is 6.92 Å². The standard InChI is InChI=1S/C14H22ClN3O3/c1-10(9-21-3)18(6-7-20-2)13-8-11(15)4-5-12(13)14(16)17-19/h4-5,8,10,19H,6-7,9H2,1-3H3,(H2,16,17). The van der Waals surface area contributed by atoms with Gasteiger partial charge in [-0.15, -0.1) is 0 Å². The van der Waals surface area contributed by atoms with E-state index in [2.05, 4.69) is 10.1 Å². The molecule has 1 unspecified atom stereocenters. The smallest absolute Gasteiger partial charge is 0.172 e. The Hall–Kier alpha value is -1.50. The maximum atomic E-state index is 8.94. The van der Waals surface area contributed by atoms with Crippen LogP contribution in [0.3, 0.4) is 0 Å². The van der Waals surface area contributed by atoms with Crippen LogP contribution in [0, 0.1) is 0 Å². The minimum Gasteiger partial charge on any atom is -0.409 e. The summed E-state index contributed by atoms with van der Waals surface area (Å²) in [5.41, 5.74) is 7.14. The van der Waals surface area contributed by atoms with E-state index >= 15 is 0 Å². The molecule has 3 N–H and O–H groups in total. The van der Waals surface area contributed by atoms with Crippen LogP contribution in [-0.2, 0) is 9.47 Å². The Kier molecular flexibility index (Phi) is 7.28. The number of oxime groups is 1. The Bertz CT molecular complexity index is 483. The minimum absolute atomic E-state index is 0.0358. The lowest BCUT2D eigenvalue weighted by Gasteiger charge is -2.32. The zero-order valence-electron chi connectivity index (χ0n) is 12.5. The first-order chi connectivity index (χ1) is 10.0. The normalized spacial score (nSPS) is 13.2. The van der Waals surface area contributed by atoms with Crippen molar-refractivity contribution in [3.63, 3.8) is 0 Å². The van der Waals surface area contributed by atoms with Crippen molar-refractivity contribution in [3.8, 4) is 0 Å². The zero-order chi connectivity index (χ0) is 15.8. The Morgan fingerprint density at radius 1 is 1.43 bits per heavy atom. The first-order valence-corrected chi connectivity index (χ1v) is 6.94. The highest BCUT2D eigenvalue weighted by Crippen LogP contribution is 2.26. The fourth-order valence-corrected chi connectivity index (χ4v) is 2.28. The predicted octanol–water partition coefficient (Wildman–Crippen LogP) is 1.92. The van der Waals surface area contributed by atoms with Crippen molar-refractivity contribution in [2.24, 2.45) is 10.9 Å². The van der Waals surface area contributed by atoms with E-state index < -0.39 is 0 Å². The molecule has 0 aliphatic carbocycles. The molecule has 6 nitrogen and oxygen atoms in total. The molecule has 1 atom stereocenters. The number of halogens is 1. The van der Waals surface area contributed by atoms with Gasteiger partial charge in [-0.05, 0) is 25.1 Å².